The summed E-state index contributed by atoms with van der Waals surface area (Å²) in [5.74, 6) is 2.69. The number of aryl methyl sites for hydroxylation is 2. The maximum absolute atomic E-state index is 7.39. The van der Waals surface area contributed by atoms with Crippen molar-refractivity contribution in [1.29, 1.82) is 0 Å². The highest BCUT2D eigenvalue weighted by Gasteiger charge is 2.76. The van der Waals surface area contributed by atoms with Gasteiger partial charge in [-0.15, -0.1) is 0 Å². The topological polar surface area (TPSA) is 83.0 Å². The molecule has 0 radical (unpaired) electrons. The van der Waals surface area contributed by atoms with Crippen molar-refractivity contribution in [3.05, 3.63) is 252 Å². The number of benzene rings is 8. The smallest absolute Gasteiger partial charge is 0.479 e. The minimum atomic E-state index is -3.72. The zero-order valence-corrected chi connectivity index (χ0v) is 45.8. The van der Waals surface area contributed by atoms with Gasteiger partial charge in [0.2, 0.25) is 0 Å². The quantitative estimate of drug-likeness (QED) is 0.0756. The lowest BCUT2D eigenvalue weighted by Crippen LogP contribution is -2.41. The van der Waals surface area contributed by atoms with Gasteiger partial charge in [-0.3, -0.25) is 22.8 Å². The highest BCUT2D eigenvalue weighted by molar-refractivity contribution is 7.79. The molecule has 0 amide bonds. The molecular weight excluding hydrogens is 964 g/mol. The average molecular weight is 1030 g/mol. The lowest BCUT2D eigenvalue weighted by Gasteiger charge is -2.33. The van der Waals surface area contributed by atoms with Gasteiger partial charge in [0, 0.05) is 17.9 Å². The fraction of sp³-hybridized carbons (Fsp3) is 0.213. The molecular formula is C61H66N3O6P3+2. The summed E-state index contributed by atoms with van der Waals surface area (Å²) in [7, 11) is -6.18. The second-order valence-electron chi connectivity index (χ2n) is 19.5. The molecule has 1 fully saturated rings. The Balaban J connectivity index is 1.13. The van der Waals surface area contributed by atoms with E-state index >= 15 is 0 Å². The van der Waals surface area contributed by atoms with E-state index in [0.29, 0.717) is 34.5 Å². The molecule has 4 atom stereocenters. The number of nitrogens with zero attached hydrogens (tertiary/aromatic N) is 2. The van der Waals surface area contributed by atoms with Crippen LogP contribution in [-0.4, -0.2) is 36.8 Å². The van der Waals surface area contributed by atoms with Gasteiger partial charge in [0.1, 0.15) is 18.2 Å². The van der Waals surface area contributed by atoms with Crippen LogP contribution < -0.4 is 32.4 Å². The van der Waals surface area contributed by atoms with Crippen LogP contribution in [0.1, 0.15) is 61.1 Å². The Labute approximate surface area is 433 Å². The molecule has 12 heteroatoms. The molecule has 374 valence electrons. The van der Waals surface area contributed by atoms with E-state index in [1.54, 1.807) is 0 Å². The van der Waals surface area contributed by atoms with Gasteiger partial charge in [-0.05, 0) is 109 Å². The Morgan fingerprint density at radius 3 is 1.16 bits per heavy atom. The largest absolute Gasteiger partial charge is 0.561 e. The fourth-order valence-corrected chi connectivity index (χ4v) is 18.0. The molecule has 0 spiro atoms. The normalized spacial score (nSPS) is 17.5. The first-order chi connectivity index (χ1) is 35.1. The van der Waals surface area contributed by atoms with E-state index in [-0.39, 0.29) is 10.8 Å². The van der Waals surface area contributed by atoms with Crippen molar-refractivity contribution < 1.29 is 27.4 Å². The third-order valence-corrected chi connectivity index (χ3v) is 23.1. The lowest BCUT2D eigenvalue weighted by atomic mass is 9.78. The van der Waals surface area contributed by atoms with Crippen molar-refractivity contribution >= 4 is 23.2 Å². The van der Waals surface area contributed by atoms with Crippen molar-refractivity contribution in [3.8, 4) is 34.5 Å². The molecule has 1 heterocycles. The van der Waals surface area contributed by atoms with Crippen LogP contribution in [0, 0.1) is 13.8 Å². The van der Waals surface area contributed by atoms with Crippen LogP contribution >= 0.6 is 23.2 Å². The van der Waals surface area contributed by atoms with Crippen LogP contribution in [0.3, 0.4) is 0 Å². The van der Waals surface area contributed by atoms with E-state index in [1.807, 2.05) is 171 Å². The van der Waals surface area contributed by atoms with Crippen molar-refractivity contribution in [2.45, 2.75) is 64.0 Å². The number of rotatable bonds is 20. The van der Waals surface area contributed by atoms with Crippen molar-refractivity contribution in [2.75, 3.05) is 20.8 Å². The summed E-state index contributed by atoms with van der Waals surface area (Å²) in [5.41, 5.74) is 6.74. The fourth-order valence-electron chi connectivity index (χ4n) is 8.81. The van der Waals surface area contributed by atoms with Gasteiger partial charge < -0.3 is 9.26 Å². The van der Waals surface area contributed by atoms with Crippen LogP contribution in [0.15, 0.2) is 223 Å². The summed E-state index contributed by atoms with van der Waals surface area (Å²) in [6.45, 7) is 15.2. The molecule has 1 N–H and O–H groups in total. The van der Waals surface area contributed by atoms with Crippen LogP contribution in [0.4, 0.5) is 0 Å². The van der Waals surface area contributed by atoms with Crippen LogP contribution in [-0.2, 0) is 10.8 Å². The molecule has 9 rings (SSSR count). The summed E-state index contributed by atoms with van der Waals surface area (Å²) in [5, 5.41) is 3.99. The van der Waals surface area contributed by atoms with Gasteiger partial charge in [-0.2, -0.15) is 0 Å². The molecule has 0 saturated carbocycles. The van der Waals surface area contributed by atoms with Crippen molar-refractivity contribution in [3.63, 3.8) is 0 Å². The first kappa shape index (κ1) is 51.5. The Kier molecular flexibility index (Phi) is 15.2. The summed E-state index contributed by atoms with van der Waals surface area (Å²) in [6, 6.07) is 73.1. The number of ether oxygens (including phenoxy) is 1. The Morgan fingerprint density at radius 2 is 0.781 bits per heavy atom. The molecule has 0 aromatic heterocycles. The first-order valence-electron chi connectivity index (χ1n) is 24.6. The van der Waals surface area contributed by atoms with Crippen LogP contribution in [0.5, 0.6) is 34.5 Å². The van der Waals surface area contributed by atoms with E-state index in [1.165, 1.54) is 27.8 Å². The Hall–Kier alpha value is -6.43. The van der Waals surface area contributed by atoms with Gasteiger partial charge in [0.15, 0.2) is 41.9 Å². The highest BCUT2D eigenvalue weighted by Crippen LogP contribution is 2.81. The highest BCUT2D eigenvalue weighted by atomic mass is 31.3. The zero-order valence-electron chi connectivity index (χ0n) is 43.1. The maximum Gasteiger partial charge on any atom is 0.561 e. The number of hydrogen-bond acceptors (Lipinski definition) is 9. The van der Waals surface area contributed by atoms with Gasteiger partial charge in [-0.1, -0.05) is 190 Å². The summed E-state index contributed by atoms with van der Waals surface area (Å²) in [6.07, 6.45) is 0. The molecule has 1 aliphatic rings. The SMILES string of the molecule is CN=P1(Oc2ccccc2)C(N[P+](Oc2ccccc2)(Oc2ccccc2)N(C)[P+](C)(Oc2ccccc2)Oc2ccc(C(C)(C)c3ccc(C)cc3)cc2)C1Oc1ccc(C(C)(C)c2ccc(C)cc2)cc1. The molecule has 1 aliphatic heterocycles. The molecule has 4 unspecified atom stereocenters. The standard InChI is InChI=1S/C61H66N3O6P3/c1-46-30-34-48(35-31-46)60(3,4)50-38-42-52(43-39-50)65-59-58(72(59,62-7)68-54-24-16-11-17-25-54)63-73(69-55-26-18-12-19-27-55,70-56-28-20-13-21-29-56)64(8)71(9,66-53-22-14-10-15-23-53)67-57-44-40-51(41-45-57)61(5,6)49-36-32-47(2)33-37-49/h10-45,58-59,63H,1-9H3/q+2. The predicted octanol–water partition coefficient (Wildman–Crippen LogP) is 16.7. The second-order valence-corrected chi connectivity index (χ2v) is 27.7. The molecule has 1 saturated heterocycles. The van der Waals surface area contributed by atoms with Gasteiger partial charge >= 0.3 is 15.9 Å². The van der Waals surface area contributed by atoms with Crippen molar-refractivity contribution in [1.82, 2.24) is 9.53 Å². The summed E-state index contributed by atoms with van der Waals surface area (Å²) in [4.78, 5) is 0. The third kappa shape index (κ3) is 11.4. The van der Waals surface area contributed by atoms with E-state index in [9.17, 15) is 0 Å². The summed E-state index contributed by atoms with van der Waals surface area (Å²) >= 11 is 0. The van der Waals surface area contributed by atoms with Crippen LogP contribution in [0.2, 0.25) is 0 Å². The monoisotopic (exact) mass is 1030 g/mol. The van der Waals surface area contributed by atoms with E-state index in [2.05, 4.69) is 119 Å². The Bertz CT molecular complexity index is 3070. The molecule has 8 aromatic rings. The molecule has 8 aromatic carbocycles. The van der Waals surface area contributed by atoms with E-state index < -0.39 is 34.8 Å². The minimum Gasteiger partial charge on any atom is -0.479 e. The van der Waals surface area contributed by atoms with Gasteiger partial charge in [0.25, 0.3) is 0 Å². The minimum absolute atomic E-state index is 0.236. The lowest BCUT2D eigenvalue weighted by molar-refractivity contribution is 0.299. The predicted molar refractivity (Wildman–Crippen MR) is 303 cm³/mol. The third-order valence-electron chi connectivity index (χ3n) is 13.6. The maximum atomic E-state index is 7.39. The first-order valence-corrected chi connectivity index (χ1v) is 30.0. The van der Waals surface area contributed by atoms with Crippen molar-refractivity contribution in [2.24, 2.45) is 4.74 Å². The van der Waals surface area contributed by atoms with Gasteiger partial charge in [0.05, 0.1) is 11.5 Å². The average Bonchev–Trinajstić information content (AvgIpc) is 3.98. The van der Waals surface area contributed by atoms with Crippen LogP contribution in [0.25, 0.3) is 0 Å². The Morgan fingerprint density at radius 1 is 0.452 bits per heavy atom. The number of nitrogens with one attached hydrogen (secondary N) is 1. The molecule has 0 aliphatic carbocycles. The molecule has 0 bridgehead atoms. The zero-order chi connectivity index (χ0) is 51.3. The molecule has 73 heavy (non-hydrogen) atoms. The van der Waals surface area contributed by atoms with E-state index in [4.69, 9.17) is 32.1 Å². The second kappa shape index (κ2) is 21.6. The summed E-state index contributed by atoms with van der Waals surface area (Å²) < 4.78 is 50.5. The molecule has 9 nitrogen and oxygen atoms in total. The van der Waals surface area contributed by atoms with Gasteiger partial charge in [-0.25, -0.2) is 0 Å². The number of para-hydroxylation sites is 4. The van der Waals surface area contributed by atoms with E-state index in [0.717, 1.165) is 5.56 Å². The number of hydrogen-bond donors (Lipinski definition) is 1.